The first-order valence-electron chi connectivity index (χ1n) is 5.07. The molecule has 0 saturated carbocycles. The van der Waals surface area contributed by atoms with Crippen LogP contribution in [-0.2, 0) is 14.4 Å². The number of amides is 3. The minimum absolute atomic E-state index is 0.179. The largest absolute Gasteiger partial charge is 0.404 e. The van der Waals surface area contributed by atoms with E-state index in [4.69, 9.17) is 0 Å². The molecule has 0 aliphatic heterocycles. The van der Waals surface area contributed by atoms with Gasteiger partial charge in [0.05, 0.1) is 0 Å². The summed E-state index contributed by atoms with van der Waals surface area (Å²) in [6.45, 7) is 3.03. The molecule has 0 fully saturated rings. The molecule has 0 heterocycles. The van der Waals surface area contributed by atoms with Gasteiger partial charge in [0.25, 0.3) is 0 Å². The van der Waals surface area contributed by atoms with E-state index in [1.807, 2.05) is 0 Å². The first kappa shape index (κ1) is 14.5. The molecule has 1 unspecified atom stereocenters. The van der Waals surface area contributed by atoms with Crippen molar-refractivity contribution < 1.29 is 14.4 Å². The summed E-state index contributed by atoms with van der Waals surface area (Å²) in [4.78, 5) is 33.4. The van der Waals surface area contributed by atoms with Crippen LogP contribution in [0.15, 0.2) is 0 Å². The molecule has 7 heteroatoms. The summed E-state index contributed by atoms with van der Waals surface area (Å²) < 4.78 is 0. The predicted octanol–water partition coefficient (Wildman–Crippen LogP) is -1.20. The maximum atomic E-state index is 11.4. The second-order valence-electron chi connectivity index (χ2n) is 3.26. The molecule has 0 aromatic heterocycles. The molecule has 1 radical (unpaired) electrons. The minimum atomic E-state index is -0.662. The highest BCUT2D eigenvalue weighted by Gasteiger charge is 2.18. The van der Waals surface area contributed by atoms with E-state index < -0.39 is 6.04 Å². The summed E-state index contributed by atoms with van der Waals surface area (Å²) in [6, 6.07) is -0.662. The quantitative estimate of drug-likeness (QED) is 0.497. The third-order valence-corrected chi connectivity index (χ3v) is 1.91. The number of hydrogen-bond donors (Lipinski definition) is 3. The van der Waals surface area contributed by atoms with Crippen molar-refractivity contribution in [2.24, 2.45) is 0 Å². The summed E-state index contributed by atoms with van der Waals surface area (Å²) in [5.74, 6) is -0.777. The Hall–Kier alpha value is -1.53. The fraction of sp³-hybridized carbons (Fsp3) is 0.667. The molecule has 0 spiro atoms. The first-order valence-corrected chi connectivity index (χ1v) is 5.07. The number of carbonyl (C=O) groups excluding carboxylic acids is 3. The van der Waals surface area contributed by atoms with Crippen molar-refractivity contribution in [3.05, 3.63) is 0 Å². The lowest BCUT2D eigenvalue weighted by molar-refractivity contribution is -0.128. The molecule has 0 aromatic rings. The minimum Gasteiger partial charge on any atom is -0.404 e. The molecule has 0 bridgehead atoms. The van der Waals surface area contributed by atoms with Gasteiger partial charge in [-0.05, 0) is 6.42 Å². The Morgan fingerprint density at radius 1 is 1.31 bits per heavy atom. The maximum Gasteiger partial charge on any atom is 0.242 e. The Morgan fingerprint density at radius 2 is 1.94 bits per heavy atom. The van der Waals surface area contributed by atoms with E-state index in [1.54, 1.807) is 6.82 Å². The van der Waals surface area contributed by atoms with Gasteiger partial charge in [-0.2, -0.15) is 0 Å². The topological polar surface area (TPSA) is 87.3 Å². The zero-order valence-electron chi connectivity index (χ0n) is 9.79. The number of carbonyl (C=O) groups is 3. The van der Waals surface area contributed by atoms with Crippen molar-refractivity contribution in [3.8, 4) is 0 Å². The third kappa shape index (κ3) is 6.05. The van der Waals surface area contributed by atoms with Crippen LogP contribution in [0, 0.1) is 0 Å². The van der Waals surface area contributed by atoms with Crippen molar-refractivity contribution in [1.82, 2.24) is 15.9 Å². The highest BCUT2D eigenvalue weighted by Crippen LogP contribution is 1.97. The summed E-state index contributed by atoms with van der Waals surface area (Å²) in [5, 5.41) is 7.42. The van der Waals surface area contributed by atoms with Crippen LogP contribution in [0.25, 0.3) is 0 Å². The highest BCUT2D eigenvalue weighted by molar-refractivity contribution is 6.35. The zero-order valence-corrected chi connectivity index (χ0v) is 9.79. The Bertz CT molecular complexity index is 271. The molecule has 3 N–H and O–H groups in total. The maximum absolute atomic E-state index is 11.4. The van der Waals surface area contributed by atoms with Gasteiger partial charge in [-0.1, -0.05) is 6.82 Å². The number of likely N-dealkylation sites (N-methyl/N-ethyl adjacent to an activating group) is 1. The van der Waals surface area contributed by atoms with Crippen LogP contribution < -0.4 is 15.9 Å². The monoisotopic (exact) mass is 226 g/mol. The van der Waals surface area contributed by atoms with Crippen LogP contribution in [-0.4, -0.2) is 38.2 Å². The van der Waals surface area contributed by atoms with E-state index in [0.29, 0.717) is 0 Å². The van der Waals surface area contributed by atoms with Gasteiger partial charge >= 0.3 is 0 Å². The van der Waals surface area contributed by atoms with Crippen molar-refractivity contribution in [1.29, 1.82) is 0 Å². The normalized spacial score (nSPS) is 11.2. The summed E-state index contributed by atoms with van der Waals surface area (Å²) in [5.41, 5.74) is 0. The molecule has 3 amide bonds. The predicted molar refractivity (Wildman–Crippen MR) is 60.7 cm³/mol. The molecule has 16 heavy (non-hydrogen) atoms. The molecule has 89 valence electrons. The van der Waals surface area contributed by atoms with Crippen LogP contribution in [0.5, 0.6) is 0 Å². The number of rotatable bonds is 6. The van der Waals surface area contributed by atoms with Gasteiger partial charge in [-0.3, -0.25) is 14.4 Å². The average Bonchev–Trinajstić information content (AvgIpc) is 2.23. The van der Waals surface area contributed by atoms with Gasteiger partial charge in [0.1, 0.15) is 6.04 Å². The van der Waals surface area contributed by atoms with Gasteiger partial charge in [-0.15, -0.1) is 0 Å². The number of hydrogen-bond acceptors (Lipinski definition) is 3. The fourth-order valence-corrected chi connectivity index (χ4v) is 1.20. The smallest absolute Gasteiger partial charge is 0.242 e. The molecule has 1 atom stereocenters. The molecule has 6 nitrogen and oxygen atoms in total. The van der Waals surface area contributed by atoms with E-state index in [9.17, 15) is 14.4 Å². The van der Waals surface area contributed by atoms with Crippen molar-refractivity contribution in [2.75, 3.05) is 7.05 Å². The highest BCUT2D eigenvalue weighted by atomic mass is 16.2. The van der Waals surface area contributed by atoms with Gasteiger partial charge in [0, 0.05) is 20.4 Å². The molecule has 0 aromatic carbocycles. The summed E-state index contributed by atoms with van der Waals surface area (Å²) >= 11 is 0. The van der Waals surface area contributed by atoms with Crippen LogP contribution in [0.3, 0.4) is 0 Å². The van der Waals surface area contributed by atoms with E-state index in [2.05, 4.69) is 15.9 Å². The molecular weight excluding hydrogens is 209 g/mol. The van der Waals surface area contributed by atoms with E-state index in [0.717, 1.165) is 0 Å². The second kappa shape index (κ2) is 7.73. The van der Waals surface area contributed by atoms with Gasteiger partial charge in [0.2, 0.25) is 25.1 Å². The van der Waals surface area contributed by atoms with Crippen LogP contribution in [0.4, 0.5) is 0 Å². The molecule has 0 aliphatic carbocycles. The van der Waals surface area contributed by atoms with Crippen LogP contribution >= 0.6 is 0 Å². The lowest BCUT2D eigenvalue weighted by Gasteiger charge is -2.15. The van der Waals surface area contributed by atoms with Crippen LogP contribution in [0.1, 0.15) is 19.8 Å². The van der Waals surface area contributed by atoms with E-state index in [1.165, 1.54) is 21.4 Å². The van der Waals surface area contributed by atoms with Gasteiger partial charge in [-0.25, -0.2) is 0 Å². The second-order valence-corrected chi connectivity index (χ2v) is 3.26. The number of nitrogens with one attached hydrogen (secondary N) is 3. The fourth-order valence-electron chi connectivity index (χ4n) is 1.20. The Balaban J connectivity index is 4.16. The Kier molecular flexibility index (Phi) is 6.99. The van der Waals surface area contributed by atoms with Crippen molar-refractivity contribution >= 4 is 25.1 Å². The third-order valence-electron chi connectivity index (χ3n) is 1.91. The Labute approximate surface area is 95.8 Å². The standard InChI is InChI=1S/C9H17BN3O3/c1-6(14)12-7(9(16)11-3)4-5-8(15)13-10-2/h7H,4-5H2,1-3H3,(H,11,16)(H,12,14)(H,13,15). The van der Waals surface area contributed by atoms with Crippen molar-refractivity contribution in [3.63, 3.8) is 0 Å². The molecular formula is C9H17BN3O3. The average molecular weight is 226 g/mol. The van der Waals surface area contributed by atoms with Gasteiger partial charge in [0.15, 0.2) is 0 Å². The van der Waals surface area contributed by atoms with Gasteiger partial charge < -0.3 is 15.9 Å². The lowest BCUT2D eigenvalue weighted by Crippen LogP contribution is -2.45. The lowest BCUT2D eigenvalue weighted by atomic mass is 9.99. The van der Waals surface area contributed by atoms with E-state index in [-0.39, 0.29) is 30.6 Å². The zero-order chi connectivity index (χ0) is 12.6. The summed E-state index contributed by atoms with van der Waals surface area (Å²) in [6.07, 6.45) is 0.460. The first-order chi connectivity index (χ1) is 7.51. The van der Waals surface area contributed by atoms with Crippen LogP contribution in [0.2, 0.25) is 6.82 Å². The van der Waals surface area contributed by atoms with Crippen molar-refractivity contribution in [2.45, 2.75) is 32.6 Å². The SMILES string of the molecule is C[B]NC(=O)CCC(NC(C)=O)C(=O)NC. The van der Waals surface area contributed by atoms with E-state index >= 15 is 0 Å². The summed E-state index contributed by atoms with van der Waals surface area (Å²) in [7, 11) is 3.01. The molecule has 0 aliphatic rings. The Morgan fingerprint density at radius 3 is 2.38 bits per heavy atom. The molecule has 0 saturated heterocycles. The molecule has 0 rings (SSSR count).